The van der Waals surface area contributed by atoms with E-state index in [1.165, 1.54) is 0 Å². The lowest BCUT2D eigenvalue weighted by atomic mass is 9.94. The molecule has 7 aromatic carbocycles. The van der Waals surface area contributed by atoms with Crippen LogP contribution in [0.4, 0.5) is 0 Å². The van der Waals surface area contributed by atoms with Crippen molar-refractivity contribution in [1.82, 2.24) is 9.13 Å². The summed E-state index contributed by atoms with van der Waals surface area (Å²) in [5.41, 5.74) is 11.6. The summed E-state index contributed by atoms with van der Waals surface area (Å²) in [7, 11) is 0. The number of hydrogen-bond donors (Lipinski definition) is 0. The zero-order chi connectivity index (χ0) is 33.4. The van der Waals surface area contributed by atoms with Gasteiger partial charge in [0.25, 0.3) is 5.56 Å². The van der Waals surface area contributed by atoms with Crippen molar-refractivity contribution in [3.63, 3.8) is 0 Å². The third-order valence-corrected chi connectivity index (χ3v) is 9.51. The van der Waals surface area contributed by atoms with E-state index in [-0.39, 0.29) is 5.56 Å². The molecule has 0 unspecified atom stereocenters. The van der Waals surface area contributed by atoms with Crippen molar-refractivity contribution in [1.29, 1.82) is 0 Å². The number of hydrogen-bond acceptors (Lipinski definition) is 1. The molecule has 0 fully saturated rings. The highest BCUT2D eigenvalue weighted by atomic mass is 16.1. The van der Waals surface area contributed by atoms with Crippen LogP contribution < -0.4 is 5.56 Å². The summed E-state index contributed by atoms with van der Waals surface area (Å²) in [6, 6.07) is 66.8. The van der Waals surface area contributed by atoms with E-state index in [2.05, 4.69) is 132 Å². The molecule has 236 valence electrons. The Morgan fingerprint density at radius 3 is 1.38 bits per heavy atom. The standard InChI is InChI=1S/C47H32N2O/c50-47-46-44(43(35-22-10-3-11-23-35)45(36-24-12-4-13-25-36)49(47)39-26-14-5-15-27-39)41-28-16-17-29-42(41)48(46)40-31-37(33-18-6-1-7-19-33)30-38(32-40)34-20-8-2-9-21-34/h1-32H. The fourth-order valence-electron chi connectivity index (χ4n) is 7.31. The maximum Gasteiger partial charge on any atom is 0.280 e. The number of nitrogens with zero attached hydrogens (tertiary/aromatic N) is 2. The maximum absolute atomic E-state index is 15.5. The van der Waals surface area contributed by atoms with Crippen molar-refractivity contribution in [2.24, 2.45) is 0 Å². The van der Waals surface area contributed by atoms with Crippen molar-refractivity contribution in [3.05, 3.63) is 204 Å². The Labute approximate surface area is 290 Å². The molecule has 0 spiro atoms. The Kier molecular flexibility index (Phi) is 7.29. The third-order valence-electron chi connectivity index (χ3n) is 9.51. The Morgan fingerprint density at radius 1 is 0.360 bits per heavy atom. The summed E-state index contributed by atoms with van der Waals surface area (Å²) in [5.74, 6) is 0. The van der Waals surface area contributed by atoms with Crippen LogP contribution in [0.15, 0.2) is 199 Å². The van der Waals surface area contributed by atoms with Gasteiger partial charge in [0.15, 0.2) is 0 Å². The molecule has 0 saturated heterocycles. The maximum atomic E-state index is 15.5. The predicted molar refractivity (Wildman–Crippen MR) is 208 cm³/mol. The molecule has 0 saturated carbocycles. The van der Waals surface area contributed by atoms with Crippen LogP contribution in [0.5, 0.6) is 0 Å². The fraction of sp³-hybridized carbons (Fsp3) is 0. The normalized spacial score (nSPS) is 11.3. The Hall–Kier alpha value is -6.71. The SMILES string of the molecule is O=c1c2c(c(-c3ccccc3)c(-c3ccccc3)n1-c1ccccc1)c1ccccc1n2-c1cc(-c2ccccc2)cc(-c2ccccc2)c1. The number of para-hydroxylation sites is 2. The van der Waals surface area contributed by atoms with E-state index in [1.54, 1.807) is 0 Å². The Morgan fingerprint density at radius 2 is 0.820 bits per heavy atom. The van der Waals surface area contributed by atoms with Gasteiger partial charge in [-0.15, -0.1) is 0 Å². The summed E-state index contributed by atoms with van der Waals surface area (Å²) >= 11 is 0. The van der Waals surface area contributed by atoms with Gasteiger partial charge in [0.05, 0.1) is 11.2 Å². The average molecular weight is 641 g/mol. The molecule has 3 heteroatoms. The van der Waals surface area contributed by atoms with Crippen molar-refractivity contribution in [2.75, 3.05) is 0 Å². The zero-order valence-corrected chi connectivity index (χ0v) is 27.3. The zero-order valence-electron chi connectivity index (χ0n) is 27.3. The molecular weight excluding hydrogens is 609 g/mol. The van der Waals surface area contributed by atoms with Gasteiger partial charge in [-0.25, -0.2) is 0 Å². The summed E-state index contributed by atoms with van der Waals surface area (Å²) in [5, 5.41) is 1.97. The Bertz CT molecular complexity index is 2620. The molecule has 2 heterocycles. The molecule has 0 aliphatic carbocycles. The minimum Gasteiger partial charge on any atom is -0.304 e. The van der Waals surface area contributed by atoms with Crippen LogP contribution in [0, 0.1) is 0 Å². The summed E-state index contributed by atoms with van der Waals surface area (Å²) in [6.07, 6.45) is 0. The quantitative estimate of drug-likeness (QED) is 0.178. The van der Waals surface area contributed by atoms with Gasteiger partial charge < -0.3 is 4.57 Å². The topological polar surface area (TPSA) is 26.9 Å². The third kappa shape index (κ3) is 4.96. The van der Waals surface area contributed by atoms with Gasteiger partial charge >= 0.3 is 0 Å². The number of aromatic nitrogens is 2. The highest BCUT2D eigenvalue weighted by molar-refractivity contribution is 6.18. The molecule has 0 aliphatic rings. The molecule has 0 amide bonds. The first-order valence-corrected chi connectivity index (χ1v) is 16.9. The average Bonchev–Trinajstić information content (AvgIpc) is 3.55. The van der Waals surface area contributed by atoms with Gasteiger partial charge in [-0.3, -0.25) is 9.36 Å². The van der Waals surface area contributed by atoms with Crippen molar-refractivity contribution in [2.45, 2.75) is 0 Å². The lowest BCUT2D eigenvalue weighted by Crippen LogP contribution is -2.23. The lowest BCUT2D eigenvalue weighted by Gasteiger charge is -2.21. The first kappa shape index (κ1) is 29.4. The minimum atomic E-state index is -0.0766. The Balaban J connectivity index is 1.50. The van der Waals surface area contributed by atoms with E-state index in [1.807, 2.05) is 71.3 Å². The molecule has 2 aromatic heterocycles. The molecule has 0 bridgehead atoms. The van der Waals surface area contributed by atoms with Gasteiger partial charge in [0, 0.05) is 27.7 Å². The van der Waals surface area contributed by atoms with Gasteiger partial charge in [0.2, 0.25) is 0 Å². The molecule has 50 heavy (non-hydrogen) atoms. The van der Waals surface area contributed by atoms with Gasteiger partial charge in [-0.1, -0.05) is 158 Å². The van der Waals surface area contributed by atoms with Crippen LogP contribution in [-0.2, 0) is 0 Å². The van der Waals surface area contributed by atoms with Crippen LogP contribution in [-0.4, -0.2) is 9.13 Å². The van der Waals surface area contributed by atoms with Crippen molar-refractivity contribution >= 4 is 21.8 Å². The van der Waals surface area contributed by atoms with E-state index in [9.17, 15) is 0 Å². The second kappa shape index (κ2) is 12.4. The van der Waals surface area contributed by atoms with E-state index in [0.29, 0.717) is 5.52 Å². The van der Waals surface area contributed by atoms with Crippen molar-refractivity contribution in [3.8, 4) is 56.0 Å². The molecular formula is C47H32N2O. The highest BCUT2D eigenvalue weighted by Crippen LogP contribution is 2.44. The van der Waals surface area contributed by atoms with E-state index < -0.39 is 0 Å². The summed E-state index contributed by atoms with van der Waals surface area (Å²) < 4.78 is 4.10. The second-order valence-corrected chi connectivity index (χ2v) is 12.5. The number of benzene rings is 7. The molecule has 0 radical (unpaired) electrons. The van der Waals surface area contributed by atoms with Gasteiger partial charge in [-0.05, 0) is 69.8 Å². The molecule has 9 rings (SSSR count). The monoisotopic (exact) mass is 640 g/mol. The molecule has 0 atom stereocenters. The van der Waals surface area contributed by atoms with Crippen molar-refractivity contribution < 1.29 is 0 Å². The van der Waals surface area contributed by atoms with E-state index >= 15 is 4.79 Å². The smallest absolute Gasteiger partial charge is 0.280 e. The fourth-order valence-corrected chi connectivity index (χ4v) is 7.31. The first-order chi connectivity index (χ1) is 24.8. The summed E-state index contributed by atoms with van der Waals surface area (Å²) in [6.45, 7) is 0. The van der Waals surface area contributed by atoms with Crippen LogP contribution in [0.3, 0.4) is 0 Å². The predicted octanol–water partition coefficient (Wildman–Crippen LogP) is 11.6. The highest BCUT2D eigenvalue weighted by Gasteiger charge is 2.27. The molecule has 3 nitrogen and oxygen atoms in total. The lowest BCUT2D eigenvalue weighted by molar-refractivity contribution is 1.00. The number of pyridine rings is 1. The van der Waals surface area contributed by atoms with Gasteiger partial charge in [-0.2, -0.15) is 0 Å². The molecule has 0 N–H and O–H groups in total. The molecule has 0 aliphatic heterocycles. The van der Waals surface area contributed by atoms with Crippen LogP contribution in [0.2, 0.25) is 0 Å². The van der Waals surface area contributed by atoms with E-state index in [4.69, 9.17) is 0 Å². The van der Waals surface area contributed by atoms with Crippen LogP contribution >= 0.6 is 0 Å². The summed E-state index contributed by atoms with van der Waals surface area (Å²) in [4.78, 5) is 15.5. The van der Waals surface area contributed by atoms with E-state index in [0.717, 1.165) is 72.3 Å². The number of fused-ring (bicyclic) bond motifs is 3. The minimum absolute atomic E-state index is 0.0766. The largest absolute Gasteiger partial charge is 0.304 e. The molecule has 9 aromatic rings. The first-order valence-electron chi connectivity index (χ1n) is 16.9. The second-order valence-electron chi connectivity index (χ2n) is 12.5. The van der Waals surface area contributed by atoms with Gasteiger partial charge in [0.1, 0.15) is 5.52 Å². The van der Waals surface area contributed by atoms with Crippen LogP contribution in [0.1, 0.15) is 0 Å². The van der Waals surface area contributed by atoms with Crippen LogP contribution in [0.25, 0.3) is 77.8 Å². The number of rotatable bonds is 6.